The van der Waals surface area contributed by atoms with Crippen LogP contribution in [-0.2, 0) is 10.0 Å². The number of primary sulfonamides is 1. The Morgan fingerprint density at radius 3 is 2.04 bits per heavy atom. The highest BCUT2D eigenvalue weighted by molar-refractivity contribution is 7.89. The van der Waals surface area contributed by atoms with Gasteiger partial charge in [-0.15, -0.1) is 0 Å². The van der Waals surface area contributed by atoms with E-state index >= 15 is 0 Å². The molecular weight excluding hydrogens is 344 g/mol. The van der Waals surface area contributed by atoms with Crippen LogP contribution in [0.3, 0.4) is 0 Å². The summed E-state index contributed by atoms with van der Waals surface area (Å²) in [5, 5.41) is 13.1. The molecule has 1 aliphatic carbocycles. The number of nitrogens with two attached hydrogens (primary N) is 1. The Kier molecular flexibility index (Phi) is 8.50. The average Bonchev–Trinajstić information content (AvgIpc) is 3.44. The van der Waals surface area contributed by atoms with E-state index < -0.39 is 15.3 Å². The predicted molar refractivity (Wildman–Crippen MR) is 109 cm³/mol. The fourth-order valence-corrected chi connectivity index (χ4v) is 2.10. The number of nitriles is 1. The zero-order valence-electron chi connectivity index (χ0n) is 15.9. The van der Waals surface area contributed by atoms with Crippen molar-refractivity contribution in [2.24, 2.45) is 5.14 Å². The standard InChI is InChI=1S/C18H19N.C3H9NO2S/c1-3-14(13-19)5-6-15(4-2)16-7-9-17(10-8-16)18-11-12-18;1-3(2)7(4,5)6/h3-10,18H,11-12H2,1-2H3;3H,1-2H3,(H2,4,5,6)/b6-5-,14-3+,15-4+;. The summed E-state index contributed by atoms with van der Waals surface area (Å²) >= 11 is 0. The third kappa shape index (κ3) is 7.38. The van der Waals surface area contributed by atoms with Gasteiger partial charge in [0, 0.05) is 5.57 Å². The molecule has 0 radical (unpaired) electrons. The second-order valence-corrected chi connectivity index (χ2v) is 8.59. The van der Waals surface area contributed by atoms with E-state index in [9.17, 15) is 8.42 Å². The molecule has 140 valence electrons. The molecule has 26 heavy (non-hydrogen) atoms. The van der Waals surface area contributed by atoms with Crippen molar-refractivity contribution < 1.29 is 8.42 Å². The molecule has 0 bridgehead atoms. The van der Waals surface area contributed by atoms with Crippen molar-refractivity contribution in [3.63, 3.8) is 0 Å². The molecule has 4 nitrogen and oxygen atoms in total. The summed E-state index contributed by atoms with van der Waals surface area (Å²) in [7, 11) is -3.24. The van der Waals surface area contributed by atoms with Gasteiger partial charge in [0.15, 0.2) is 0 Å². The Hall–Kier alpha value is -2.16. The summed E-state index contributed by atoms with van der Waals surface area (Å²) in [5.74, 6) is 0.798. The molecular formula is C21H28N2O2S. The Morgan fingerprint density at radius 2 is 1.69 bits per heavy atom. The molecule has 0 aliphatic heterocycles. The molecule has 0 amide bonds. The lowest BCUT2D eigenvalue weighted by molar-refractivity contribution is 0.589. The van der Waals surface area contributed by atoms with Crippen LogP contribution in [0.2, 0.25) is 0 Å². The molecule has 5 heteroatoms. The minimum absolute atomic E-state index is 0.451. The molecule has 0 spiro atoms. The average molecular weight is 373 g/mol. The summed E-state index contributed by atoms with van der Waals surface area (Å²) in [5.41, 5.74) is 4.50. The van der Waals surface area contributed by atoms with Gasteiger partial charge in [-0.25, -0.2) is 13.6 Å². The van der Waals surface area contributed by atoms with E-state index in [-0.39, 0.29) is 0 Å². The molecule has 2 rings (SSSR count). The van der Waals surface area contributed by atoms with Gasteiger partial charge in [0.2, 0.25) is 10.0 Å². The Morgan fingerprint density at radius 1 is 1.15 bits per heavy atom. The van der Waals surface area contributed by atoms with E-state index in [2.05, 4.69) is 41.5 Å². The minimum Gasteiger partial charge on any atom is -0.229 e. The van der Waals surface area contributed by atoms with E-state index in [0.717, 1.165) is 11.5 Å². The van der Waals surface area contributed by atoms with Crippen LogP contribution in [0.4, 0.5) is 0 Å². The van der Waals surface area contributed by atoms with Crippen molar-refractivity contribution in [3.8, 4) is 6.07 Å². The largest absolute Gasteiger partial charge is 0.229 e. The molecule has 0 unspecified atom stereocenters. The maximum atomic E-state index is 10.1. The van der Waals surface area contributed by atoms with E-state index in [1.807, 2.05) is 32.1 Å². The zero-order valence-corrected chi connectivity index (χ0v) is 16.8. The number of hydrogen-bond acceptors (Lipinski definition) is 3. The molecule has 0 atom stereocenters. The van der Waals surface area contributed by atoms with Crippen LogP contribution in [0.1, 0.15) is 57.6 Å². The fraction of sp³-hybridized carbons (Fsp3) is 0.381. The molecule has 1 saturated carbocycles. The lowest BCUT2D eigenvalue weighted by Gasteiger charge is -2.04. The third-order valence-electron chi connectivity index (χ3n) is 4.14. The van der Waals surface area contributed by atoms with Gasteiger partial charge in [0.25, 0.3) is 0 Å². The number of benzene rings is 1. The lowest BCUT2D eigenvalue weighted by Crippen LogP contribution is -2.22. The van der Waals surface area contributed by atoms with Crippen LogP contribution < -0.4 is 5.14 Å². The Labute approximate surface area is 157 Å². The zero-order chi connectivity index (χ0) is 19.7. The van der Waals surface area contributed by atoms with Gasteiger partial charge >= 0.3 is 0 Å². The molecule has 1 aliphatic rings. The van der Waals surface area contributed by atoms with Gasteiger partial charge in [-0.05, 0) is 69.2 Å². The van der Waals surface area contributed by atoms with Crippen molar-refractivity contribution >= 4 is 15.6 Å². The summed E-state index contributed by atoms with van der Waals surface area (Å²) < 4.78 is 20.2. The summed E-state index contributed by atoms with van der Waals surface area (Å²) in [6, 6.07) is 11.0. The highest BCUT2D eigenvalue weighted by Gasteiger charge is 2.22. The summed E-state index contributed by atoms with van der Waals surface area (Å²) in [6.45, 7) is 6.98. The van der Waals surface area contributed by atoms with Crippen molar-refractivity contribution in [2.75, 3.05) is 0 Å². The third-order valence-corrected chi connectivity index (χ3v) is 5.46. The van der Waals surface area contributed by atoms with Crippen LogP contribution in [-0.4, -0.2) is 13.7 Å². The van der Waals surface area contributed by atoms with Crippen molar-refractivity contribution in [3.05, 3.63) is 65.3 Å². The highest BCUT2D eigenvalue weighted by Crippen LogP contribution is 2.40. The van der Waals surface area contributed by atoms with Gasteiger partial charge in [0.05, 0.1) is 11.3 Å². The van der Waals surface area contributed by atoms with E-state index in [1.165, 1.54) is 37.8 Å². The van der Waals surface area contributed by atoms with E-state index in [1.54, 1.807) is 0 Å². The van der Waals surface area contributed by atoms with Gasteiger partial charge in [0.1, 0.15) is 0 Å². The van der Waals surface area contributed by atoms with Crippen LogP contribution >= 0.6 is 0 Å². The molecule has 0 aromatic heterocycles. The first kappa shape index (κ1) is 21.9. The SMILES string of the molecule is CC(C)S(N)(=O)=O.C\C=C(C#N)/C=C\C(=C/C)c1ccc(C2CC2)cc1. The summed E-state index contributed by atoms with van der Waals surface area (Å²) in [6.07, 6.45) is 10.4. The molecule has 1 fully saturated rings. The van der Waals surface area contributed by atoms with E-state index in [4.69, 9.17) is 5.26 Å². The van der Waals surface area contributed by atoms with Gasteiger partial charge in [-0.3, -0.25) is 0 Å². The Bertz CT molecular complexity index is 820. The van der Waals surface area contributed by atoms with Crippen molar-refractivity contribution in [1.82, 2.24) is 0 Å². The highest BCUT2D eigenvalue weighted by atomic mass is 32.2. The lowest BCUT2D eigenvalue weighted by atomic mass is 10.0. The number of sulfonamides is 1. The predicted octanol–water partition coefficient (Wildman–Crippen LogP) is 4.68. The van der Waals surface area contributed by atoms with Gasteiger partial charge in [-0.1, -0.05) is 42.5 Å². The Balaban J connectivity index is 0.000000412. The normalized spacial score (nSPS) is 15.6. The molecule has 1 aromatic rings. The van der Waals surface area contributed by atoms with Crippen LogP contribution in [0.15, 0.2) is 54.1 Å². The maximum Gasteiger partial charge on any atom is 0.211 e. The molecule has 0 saturated heterocycles. The number of allylic oxidation sites excluding steroid dienone is 6. The summed E-state index contributed by atoms with van der Waals surface area (Å²) in [4.78, 5) is 0. The number of hydrogen-bond donors (Lipinski definition) is 1. The molecule has 1 aromatic carbocycles. The van der Waals surface area contributed by atoms with Crippen LogP contribution in [0, 0.1) is 11.3 Å². The minimum atomic E-state index is -3.24. The van der Waals surface area contributed by atoms with Gasteiger partial charge in [-0.2, -0.15) is 5.26 Å². The maximum absolute atomic E-state index is 10.1. The molecule has 0 heterocycles. The van der Waals surface area contributed by atoms with Crippen LogP contribution in [0.5, 0.6) is 0 Å². The first-order chi connectivity index (χ1) is 12.2. The second-order valence-electron chi connectivity index (χ2n) is 6.47. The second kappa shape index (κ2) is 10.1. The number of nitrogens with zero attached hydrogens (tertiary/aromatic N) is 1. The van der Waals surface area contributed by atoms with E-state index in [0.29, 0.717) is 5.57 Å². The van der Waals surface area contributed by atoms with Gasteiger partial charge < -0.3 is 0 Å². The first-order valence-corrected chi connectivity index (χ1v) is 10.4. The number of rotatable bonds is 5. The molecule has 2 N–H and O–H groups in total. The monoisotopic (exact) mass is 372 g/mol. The van der Waals surface area contributed by atoms with Crippen molar-refractivity contribution in [1.29, 1.82) is 5.26 Å². The van der Waals surface area contributed by atoms with Crippen LogP contribution in [0.25, 0.3) is 5.57 Å². The topological polar surface area (TPSA) is 84.0 Å². The fourth-order valence-electron chi connectivity index (χ4n) is 2.10. The smallest absolute Gasteiger partial charge is 0.211 e. The quantitative estimate of drug-likeness (QED) is 0.602. The van der Waals surface area contributed by atoms with Crippen molar-refractivity contribution in [2.45, 2.75) is 51.7 Å². The first-order valence-electron chi connectivity index (χ1n) is 8.75.